The van der Waals surface area contributed by atoms with Gasteiger partial charge in [0.2, 0.25) is 0 Å². The van der Waals surface area contributed by atoms with Gasteiger partial charge in [-0.3, -0.25) is 14.4 Å². The van der Waals surface area contributed by atoms with Crippen LogP contribution in [0.25, 0.3) is 0 Å². The van der Waals surface area contributed by atoms with Gasteiger partial charge in [0.15, 0.2) is 6.10 Å². The Hall–Kier alpha value is -2.63. The lowest BCUT2D eigenvalue weighted by molar-refractivity contribution is -0.167. The summed E-state index contributed by atoms with van der Waals surface area (Å²) in [7, 11) is 0. The molecule has 0 aromatic heterocycles. The topological polar surface area (TPSA) is 78.9 Å². The van der Waals surface area contributed by atoms with Crippen molar-refractivity contribution in [3.63, 3.8) is 0 Å². The van der Waals surface area contributed by atoms with E-state index in [9.17, 15) is 14.4 Å². The van der Waals surface area contributed by atoms with E-state index >= 15 is 0 Å². The summed E-state index contributed by atoms with van der Waals surface area (Å²) < 4.78 is 16.9. The van der Waals surface area contributed by atoms with E-state index < -0.39 is 6.10 Å². The van der Waals surface area contributed by atoms with Crippen LogP contribution in [0, 0.1) is 0 Å². The molecule has 0 aliphatic heterocycles. The third-order valence-corrected chi connectivity index (χ3v) is 13.3. The minimum absolute atomic E-state index is 0.0774. The van der Waals surface area contributed by atoms with Crippen LogP contribution in [0.5, 0.6) is 0 Å². The highest BCUT2D eigenvalue weighted by molar-refractivity contribution is 5.71. The van der Waals surface area contributed by atoms with Crippen LogP contribution in [0.1, 0.15) is 316 Å². The zero-order valence-corrected chi connectivity index (χ0v) is 46.1. The highest BCUT2D eigenvalue weighted by Gasteiger charge is 2.19. The van der Waals surface area contributed by atoms with Gasteiger partial charge >= 0.3 is 17.9 Å². The van der Waals surface area contributed by atoms with Crippen molar-refractivity contribution in [2.24, 2.45) is 0 Å². The first-order chi connectivity index (χ1) is 34.0. The minimum Gasteiger partial charge on any atom is -0.462 e. The Morgan fingerprint density at radius 3 is 0.913 bits per heavy atom. The Balaban J connectivity index is 4.35. The Morgan fingerprint density at radius 2 is 0.565 bits per heavy atom. The lowest BCUT2D eigenvalue weighted by Gasteiger charge is -2.18. The molecule has 0 amide bonds. The average Bonchev–Trinajstić information content (AvgIpc) is 3.35. The molecule has 1 unspecified atom stereocenters. The van der Waals surface area contributed by atoms with Crippen molar-refractivity contribution in [3.8, 4) is 0 Å². The van der Waals surface area contributed by atoms with Crippen LogP contribution in [0.15, 0.2) is 48.6 Å². The molecule has 0 N–H and O–H groups in total. The van der Waals surface area contributed by atoms with E-state index in [1.807, 2.05) is 0 Å². The molecule has 0 aromatic rings. The van der Waals surface area contributed by atoms with Gasteiger partial charge in [0, 0.05) is 19.3 Å². The van der Waals surface area contributed by atoms with Crippen LogP contribution in [-0.2, 0) is 28.6 Å². The average molecular weight is 968 g/mol. The highest BCUT2D eigenvalue weighted by atomic mass is 16.6. The summed E-state index contributed by atoms with van der Waals surface area (Å²) in [6.45, 7) is 6.55. The summed E-state index contributed by atoms with van der Waals surface area (Å²) in [6.07, 6.45) is 71.1. The largest absolute Gasteiger partial charge is 0.462 e. The molecule has 6 heteroatoms. The van der Waals surface area contributed by atoms with Crippen LogP contribution in [-0.4, -0.2) is 37.2 Å². The molecule has 0 aliphatic rings. The molecule has 0 bridgehead atoms. The van der Waals surface area contributed by atoms with E-state index in [4.69, 9.17) is 14.2 Å². The Labute approximate surface area is 428 Å². The standard InChI is InChI=1S/C63H114O6/c1-4-7-10-13-16-19-22-25-28-30-32-34-35-38-41-44-47-50-53-56-62(65)68-59-60(58-67-61(64)55-52-49-46-43-40-37-27-24-21-18-15-12-9-6-3)69-63(66)57-54-51-48-45-42-39-36-33-31-29-26-23-20-17-14-11-8-5-2/h7,10,16,19,25,28,37,40,60H,4-6,8-9,11-15,17-18,20-24,26-27,29-36,38-39,41-59H2,1-3H3/b10-7-,19-16-,28-25-,40-37-. The van der Waals surface area contributed by atoms with Gasteiger partial charge in [-0.25, -0.2) is 0 Å². The summed E-state index contributed by atoms with van der Waals surface area (Å²) in [6, 6.07) is 0. The molecule has 0 fully saturated rings. The molecule has 0 aromatic carbocycles. The zero-order chi connectivity index (χ0) is 50.0. The van der Waals surface area contributed by atoms with Crippen LogP contribution in [0.4, 0.5) is 0 Å². The monoisotopic (exact) mass is 967 g/mol. The van der Waals surface area contributed by atoms with Crippen LogP contribution in [0.2, 0.25) is 0 Å². The van der Waals surface area contributed by atoms with Gasteiger partial charge in [-0.2, -0.15) is 0 Å². The molecule has 0 aliphatic carbocycles. The van der Waals surface area contributed by atoms with Crippen LogP contribution >= 0.6 is 0 Å². The highest BCUT2D eigenvalue weighted by Crippen LogP contribution is 2.17. The Bertz CT molecular complexity index is 1200. The molecule has 0 rings (SSSR count). The SMILES string of the molecule is CC/C=C\C/C=C\C/C=C\CCCCCCCCCCCC(=O)OCC(COC(=O)CCCCC/C=C\CCCCCCCCC)OC(=O)CCCCCCCCCCCCCCCCCCCC. The number of hydrogen-bond acceptors (Lipinski definition) is 6. The maximum atomic E-state index is 12.9. The summed E-state index contributed by atoms with van der Waals surface area (Å²) in [5.74, 6) is -0.880. The van der Waals surface area contributed by atoms with Gasteiger partial charge < -0.3 is 14.2 Å². The molecular weight excluding hydrogens is 853 g/mol. The van der Waals surface area contributed by atoms with E-state index in [2.05, 4.69) is 69.4 Å². The number of esters is 3. The molecule has 0 saturated heterocycles. The quantitative estimate of drug-likeness (QED) is 0.0262. The first kappa shape index (κ1) is 66.4. The summed E-state index contributed by atoms with van der Waals surface area (Å²) in [4.78, 5) is 38.2. The fourth-order valence-electron chi connectivity index (χ4n) is 8.81. The van der Waals surface area contributed by atoms with Crippen molar-refractivity contribution in [3.05, 3.63) is 48.6 Å². The number of rotatable bonds is 55. The van der Waals surface area contributed by atoms with E-state index in [1.54, 1.807) is 0 Å². The summed E-state index contributed by atoms with van der Waals surface area (Å²) in [5.41, 5.74) is 0. The lowest BCUT2D eigenvalue weighted by atomic mass is 10.0. The van der Waals surface area contributed by atoms with Crippen LogP contribution in [0.3, 0.4) is 0 Å². The second-order valence-electron chi connectivity index (χ2n) is 20.2. The van der Waals surface area contributed by atoms with Crippen molar-refractivity contribution in [1.29, 1.82) is 0 Å². The minimum atomic E-state index is -0.779. The number of carbonyl (C=O) groups excluding carboxylic acids is 3. The Morgan fingerprint density at radius 1 is 0.304 bits per heavy atom. The maximum Gasteiger partial charge on any atom is 0.306 e. The molecule has 6 nitrogen and oxygen atoms in total. The third kappa shape index (κ3) is 56.2. The number of hydrogen-bond donors (Lipinski definition) is 0. The molecule has 1 atom stereocenters. The van der Waals surface area contributed by atoms with Crippen molar-refractivity contribution in [1.82, 2.24) is 0 Å². The van der Waals surface area contributed by atoms with E-state index in [-0.39, 0.29) is 31.1 Å². The lowest BCUT2D eigenvalue weighted by Crippen LogP contribution is -2.30. The molecule has 69 heavy (non-hydrogen) atoms. The van der Waals surface area contributed by atoms with E-state index in [0.717, 1.165) is 89.9 Å². The number of unbranched alkanes of at least 4 members (excludes halogenated alkanes) is 36. The summed E-state index contributed by atoms with van der Waals surface area (Å²) in [5, 5.41) is 0. The van der Waals surface area contributed by atoms with Crippen molar-refractivity contribution in [2.45, 2.75) is 322 Å². The summed E-state index contributed by atoms with van der Waals surface area (Å²) >= 11 is 0. The zero-order valence-electron chi connectivity index (χ0n) is 46.1. The number of carbonyl (C=O) groups is 3. The second kappa shape index (κ2) is 57.9. The normalized spacial score (nSPS) is 12.3. The first-order valence-corrected chi connectivity index (χ1v) is 30.1. The molecule has 402 valence electrons. The second-order valence-corrected chi connectivity index (χ2v) is 20.2. The van der Waals surface area contributed by atoms with Gasteiger partial charge in [-0.15, -0.1) is 0 Å². The van der Waals surface area contributed by atoms with Gasteiger partial charge in [-0.1, -0.05) is 268 Å². The van der Waals surface area contributed by atoms with Gasteiger partial charge in [0.25, 0.3) is 0 Å². The van der Waals surface area contributed by atoms with Crippen molar-refractivity contribution < 1.29 is 28.6 Å². The van der Waals surface area contributed by atoms with Crippen molar-refractivity contribution >= 4 is 17.9 Å². The number of ether oxygens (including phenoxy) is 3. The third-order valence-electron chi connectivity index (χ3n) is 13.3. The van der Waals surface area contributed by atoms with E-state index in [1.165, 1.54) is 186 Å². The fourth-order valence-corrected chi connectivity index (χ4v) is 8.81. The smallest absolute Gasteiger partial charge is 0.306 e. The van der Waals surface area contributed by atoms with Gasteiger partial charge in [0.05, 0.1) is 0 Å². The first-order valence-electron chi connectivity index (χ1n) is 30.1. The Kier molecular flexibility index (Phi) is 55.7. The van der Waals surface area contributed by atoms with Crippen molar-refractivity contribution in [2.75, 3.05) is 13.2 Å². The molecule has 0 radical (unpaired) electrons. The molecule has 0 saturated carbocycles. The number of allylic oxidation sites excluding steroid dienone is 8. The molecule has 0 heterocycles. The van der Waals surface area contributed by atoms with Gasteiger partial charge in [-0.05, 0) is 77.0 Å². The molecule has 0 spiro atoms. The maximum absolute atomic E-state index is 12.9. The fraction of sp³-hybridized carbons (Fsp3) is 0.825. The molecular formula is C63H114O6. The predicted octanol–water partition coefficient (Wildman–Crippen LogP) is 20.2. The predicted molar refractivity (Wildman–Crippen MR) is 298 cm³/mol. The van der Waals surface area contributed by atoms with Crippen LogP contribution < -0.4 is 0 Å². The van der Waals surface area contributed by atoms with E-state index in [0.29, 0.717) is 19.3 Å². The van der Waals surface area contributed by atoms with Gasteiger partial charge in [0.1, 0.15) is 13.2 Å².